The average molecular weight is 827 g/mol. The van der Waals surface area contributed by atoms with Crippen molar-refractivity contribution in [3.05, 3.63) is 118 Å². The fourth-order valence-corrected chi connectivity index (χ4v) is 5.10. The van der Waals surface area contributed by atoms with Gasteiger partial charge in [-0.15, -0.1) is 0 Å². The molecule has 0 aromatic heterocycles. The molecule has 0 aliphatic heterocycles. The summed E-state index contributed by atoms with van der Waals surface area (Å²) < 4.78 is 32.3. The van der Waals surface area contributed by atoms with Crippen molar-refractivity contribution in [1.82, 2.24) is 0 Å². The lowest BCUT2D eigenvalue weighted by atomic mass is 9.98. The Hall–Kier alpha value is -7.36. The van der Waals surface area contributed by atoms with Gasteiger partial charge in [0.2, 0.25) is 11.6 Å². The number of carbonyl (C=O) groups is 8. The fourth-order valence-electron chi connectivity index (χ4n) is 5.10. The van der Waals surface area contributed by atoms with E-state index in [0.29, 0.717) is 12.6 Å². The number of ether oxygens (including phenoxy) is 6. The van der Waals surface area contributed by atoms with E-state index in [4.69, 9.17) is 38.2 Å². The summed E-state index contributed by atoms with van der Waals surface area (Å²) >= 11 is 0. The van der Waals surface area contributed by atoms with Crippen LogP contribution in [0.2, 0.25) is 0 Å². The van der Waals surface area contributed by atoms with Gasteiger partial charge in [0.15, 0.2) is 23.8 Å². The lowest BCUT2D eigenvalue weighted by Gasteiger charge is -2.24. The second kappa shape index (κ2) is 19.4. The molecule has 60 heavy (non-hydrogen) atoms. The third-order valence-electron chi connectivity index (χ3n) is 7.76. The van der Waals surface area contributed by atoms with Crippen molar-refractivity contribution in [3.8, 4) is 23.0 Å². The Labute approximate surface area is 344 Å². The Balaban J connectivity index is 1.71. The Bertz CT molecular complexity index is 2140. The normalized spacial score (nSPS) is 11.2. The van der Waals surface area contributed by atoms with Crippen molar-refractivity contribution >= 4 is 48.4 Å². The maximum absolute atomic E-state index is 14.0. The van der Waals surface area contributed by atoms with E-state index in [1.165, 1.54) is 113 Å². The van der Waals surface area contributed by atoms with Gasteiger partial charge in [-0.05, 0) is 104 Å². The minimum absolute atomic E-state index is 0.145. The first-order valence-corrected chi connectivity index (χ1v) is 18.3. The number of carbonyl (C=O) groups excluding carboxylic acids is 8. The summed E-state index contributed by atoms with van der Waals surface area (Å²) in [5.41, 5.74) is -5.04. The highest BCUT2D eigenvalue weighted by molar-refractivity contribution is 6.15. The van der Waals surface area contributed by atoms with E-state index in [9.17, 15) is 38.4 Å². The molecule has 0 radical (unpaired) electrons. The van der Waals surface area contributed by atoms with Crippen LogP contribution < -0.4 is 18.9 Å². The molecule has 0 saturated heterocycles. The molecule has 4 rings (SSSR count). The Kier molecular flexibility index (Phi) is 14.7. The Morgan fingerprint density at radius 3 is 1.12 bits per heavy atom. The average Bonchev–Trinajstić information content (AvgIpc) is 3.19. The molecule has 16 nitrogen and oxygen atoms in total. The summed E-state index contributed by atoms with van der Waals surface area (Å²) in [5.74, 6) is -5.64. The SMILES string of the molecule is CC(C)OC(=O)Oc1ccccc1C(=O)c1cccc(C(=O)OOC(=O)c2cccc(C(=O)c3ccccc3OC(=O)OC(C)C)c2OC(C)(C)C=O)c1OC(C)(C)C=O. The van der Waals surface area contributed by atoms with Crippen molar-refractivity contribution in [2.24, 2.45) is 0 Å². The molecule has 0 heterocycles. The van der Waals surface area contributed by atoms with Crippen LogP contribution >= 0.6 is 0 Å². The second-order valence-corrected chi connectivity index (χ2v) is 14.4. The topological polar surface area (TPSA) is 210 Å². The highest BCUT2D eigenvalue weighted by Gasteiger charge is 2.33. The number of hydrogen-bond donors (Lipinski definition) is 0. The minimum atomic E-state index is -1.62. The molecular formula is C44H42O16. The predicted molar refractivity (Wildman–Crippen MR) is 209 cm³/mol. The monoisotopic (exact) mass is 826 g/mol. The highest BCUT2D eigenvalue weighted by atomic mass is 17.2. The molecule has 0 fully saturated rings. The first-order chi connectivity index (χ1) is 28.3. The third kappa shape index (κ3) is 11.6. The first-order valence-electron chi connectivity index (χ1n) is 18.3. The van der Waals surface area contributed by atoms with Crippen LogP contribution in [0.1, 0.15) is 108 Å². The molecule has 314 valence electrons. The minimum Gasteiger partial charge on any atom is -0.479 e. The van der Waals surface area contributed by atoms with E-state index in [1.807, 2.05) is 0 Å². The molecule has 0 atom stereocenters. The largest absolute Gasteiger partial charge is 0.514 e. The van der Waals surface area contributed by atoms with E-state index in [2.05, 4.69) is 0 Å². The van der Waals surface area contributed by atoms with Gasteiger partial charge in [-0.25, -0.2) is 29.0 Å². The zero-order valence-electron chi connectivity index (χ0n) is 33.9. The number of hydrogen-bond acceptors (Lipinski definition) is 16. The van der Waals surface area contributed by atoms with Crippen LogP contribution in [0.5, 0.6) is 23.0 Å². The molecule has 0 spiro atoms. The van der Waals surface area contributed by atoms with Gasteiger partial charge in [0.05, 0.1) is 34.5 Å². The van der Waals surface area contributed by atoms with Gasteiger partial charge in [-0.1, -0.05) is 36.4 Å². The van der Waals surface area contributed by atoms with Gasteiger partial charge in [0.25, 0.3) is 0 Å². The summed E-state index contributed by atoms with van der Waals surface area (Å²) in [5, 5.41) is 0. The highest BCUT2D eigenvalue weighted by Crippen LogP contribution is 2.35. The summed E-state index contributed by atoms with van der Waals surface area (Å²) in [4.78, 5) is 114. The molecule has 4 aromatic carbocycles. The van der Waals surface area contributed by atoms with Crippen LogP contribution in [0.15, 0.2) is 84.9 Å². The maximum atomic E-state index is 14.0. The molecule has 16 heteroatoms. The van der Waals surface area contributed by atoms with E-state index in [0.717, 1.165) is 0 Å². The summed E-state index contributed by atoms with van der Waals surface area (Å²) in [6, 6.07) is 18.8. The maximum Gasteiger partial charge on any atom is 0.514 e. The quantitative estimate of drug-likeness (QED) is 0.0265. The van der Waals surface area contributed by atoms with Crippen LogP contribution in [-0.4, -0.2) is 71.8 Å². The number of ketones is 2. The lowest BCUT2D eigenvalue weighted by molar-refractivity contribution is -0.187. The predicted octanol–water partition coefficient (Wildman–Crippen LogP) is 7.64. The molecule has 0 N–H and O–H groups in total. The number of para-hydroxylation sites is 4. The van der Waals surface area contributed by atoms with Crippen LogP contribution in [-0.2, 0) is 28.8 Å². The summed E-state index contributed by atoms with van der Waals surface area (Å²) in [6.07, 6.45) is -2.38. The van der Waals surface area contributed by atoms with Crippen molar-refractivity contribution in [2.75, 3.05) is 0 Å². The smallest absolute Gasteiger partial charge is 0.479 e. The second-order valence-electron chi connectivity index (χ2n) is 14.4. The molecular weight excluding hydrogens is 784 g/mol. The van der Waals surface area contributed by atoms with Gasteiger partial charge < -0.3 is 28.4 Å². The van der Waals surface area contributed by atoms with Gasteiger partial charge in [-0.2, -0.15) is 0 Å². The van der Waals surface area contributed by atoms with E-state index in [-0.39, 0.29) is 33.8 Å². The van der Waals surface area contributed by atoms with Gasteiger partial charge in [0.1, 0.15) is 34.1 Å². The van der Waals surface area contributed by atoms with Crippen LogP contribution in [0.25, 0.3) is 0 Å². The van der Waals surface area contributed by atoms with Gasteiger partial charge in [-0.3, -0.25) is 19.2 Å². The van der Waals surface area contributed by atoms with Crippen LogP contribution in [0, 0.1) is 0 Å². The zero-order valence-corrected chi connectivity index (χ0v) is 33.9. The molecule has 4 aromatic rings. The molecule has 0 aliphatic rings. The zero-order chi connectivity index (χ0) is 44.4. The van der Waals surface area contributed by atoms with Crippen molar-refractivity contribution < 1.29 is 76.6 Å². The standard InChI is InChI=1S/C44H42O16/c1-25(2)53-41(51)55-33-21-11-9-15-27(33)35(47)29-17-13-19-31(37(29)57-43(5,6)23-45)39(49)59-60-40(50)32-20-14-18-30(38(32)58-44(7,8)24-46)36(48)28-16-10-12-22-34(28)56-42(52)54-26(3)4/h9-26H,1-8H3. The van der Waals surface area contributed by atoms with Crippen LogP contribution in [0.4, 0.5) is 9.59 Å². The van der Waals surface area contributed by atoms with E-state index >= 15 is 0 Å². The third-order valence-corrected chi connectivity index (χ3v) is 7.76. The van der Waals surface area contributed by atoms with E-state index in [1.54, 1.807) is 27.7 Å². The van der Waals surface area contributed by atoms with Crippen molar-refractivity contribution in [1.29, 1.82) is 0 Å². The fraction of sp³-hybridized carbons (Fsp3) is 0.273. The van der Waals surface area contributed by atoms with Crippen molar-refractivity contribution in [2.45, 2.75) is 78.8 Å². The summed E-state index contributed by atoms with van der Waals surface area (Å²) in [7, 11) is 0. The number of aldehydes is 2. The number of rotatable bonds is 16. The van der Waals surface area contributed by atoms with Crippen molar-refractivity contribution in [3.63, 3.8) is 0 Å². The molecule has 0 amide bonds. The Morgan fingerprint density at radius 1 is 0.467 bits per heavy atom. The molecule has 0 unspecified atom stereocenters. The Morgan fingerprint density at radius 2 is 0.783 bits per heavy atom. The summed E-state index contributed by atoms with van der Waals surface area (Å²) in [6.45, 7) is 11.8. The molecule has 0 bridgehead atoms. The number of benzene rings is 4. The lowest BCUT2D eigenvalue weighted by Crippen LogP contribution is -2.32. The van der Waals surface area contributed by atoms with E-state index < -0.39 is 81.9 Å². The molecule has 0 saturated carbocycles. The van der Waals surface area contributed by atoms with Gasteiger partial charge in [0, 0.05) is 0 Å². The first kappa shape index (κ1) is 45.3. The van der Waals surface area contributed by atoms with Gasteiger partial charge >= 0.3 is 24.2 Å². The van der Waals surface area contributed by atoms with Crippen LogP contribution in [0.3, 0.4) is 0 Å². The molecule has 0 aliphatic carbocycles.